The Kier molecular flexibility index (Phi) is 5.14. The van der Waals surface area contributed by atoms with E-state index in [2.05, 4.69) is 5.32 Å². The van der Waals surface area contributed by atoms with Crippen molar-refractivity contribution in [1.82, 2.24) is 5.01 Å². The minimum absolute atomic E-state index is 0.0317. The van der Waals surface area contributed by atoms with E-state index in [1.165, 1.54) is 12.1 Å². The van der Waals surface area contributed by atoms with Crippen LogP contribution in [0.2, 0.25) is 0 Å². The second kappa shape index (κ2) is 7.05. The maximum atomic E-state index is 13.6. The molecule has 2 heterocycles. The van der Waals surface area contributed by atoms with Crippen LogP contribution in [0.1, 0.15) is 24.8 Å². The Morgan fingerprint density at radius 2 is 2.04 bits per heavy atom. The molecule has 26 heavy (non-hydrogen) atoms. The summed E-state index contributed by atoms with van der Waals surface area (Å²) in [6.07, 6.45) is -2.57. The summed E-state index contributed by atoms with van der Waals surface area (Å²) in [4.78, 5) is 12.3. The summed E-state index contributed by atoms with van der Waals surface area (Å²) in [6, 6.07) is 3.76. The van der Waals surface area contributed by atoms with Gasteiger partial charge in [0.15, 0.2) is 0 Å². The maximum absolute atomic E-state index is 13.6. The Hall–Kier alpha value is -1.84. The molecule has 0 aliphatic carbocycles. The Morgan fingerprint density at radius 3 is 2.65 bits per heavy atom. The number of rotatable bonds is 3. The predicted molar refractivity (Wildman–Crippen MR) is 91.8 cm³/mol. The highest BCUT2D eigenvalue weighted by molar-refractivity contribution is 5.99. The molecule has 6 nitrogen and oxygen atoms in total. The van der Waals surface area contributed by atoms with Crippen molar-refractivity contribution in [2.45, 2.75) is 31.0 Å². The molecule has 0 aromatic heterocycles. The van der Waals surface area contributed by atoms with E-state index in [4.69, 9.17) is 10.5 Å². The summed E-state index contributed by atoms with van der Waals surface area (Å²) < 4.78 is 45.9. The standard InChI is InChI=1S/C17H22F3N4O2/c1-23-7-2-3-8-24(23)14-5-4-12(10-13(14)17(18,19)20)22-15(25)16(21)6-9-26-11-16/h4-5,10,21H,2-3,6-9,11H2,1H3,(H,22,25)/q-1. The number of amides is 1. The van der Waals surface area contributed by atoms with E-state index in [9.17, 15) is 18.0 Å². The average molecular weight is 371 g/mol. The van der Waals surface area contributed by atoms with Crippen molar-refractivity contribution in [1.29, 1.82) is 0 Å². The number of carbonyl (C=O) groups excluding carboxylic acids is 1. The first-order chi connectivity index (χ1) is 12.2. The van der Waals surface area contributed by atoms with Crippen molar-refractivity contribution in [2.24, 2.45) is 0 Å². The summed E-state index contributed by atoms with van der Waals surface area (Å²) >= 11 is 0. The lowest BCUT2D eigenvalue weighted by atomic mass is 9.99. The van der Waals surface area contributed by atoms with Crippen molar-refractivity contribution in [3.05, 3.63) is 29.5 Å². The fourth-order valence-corrected chi connectivity index (χ4v) is 3.26. The molecule has 144 valence electrons. The van der Waals surface area contributed by atoms with Crippen LogP contribution in [0, 0.1) is 0 Å². The van der Waals surface area contributed by atoms with Crippen LogP contribution in [-0.4, -0.2) is 49.8 Å². The van der Waals surface area contributed by atoms with E-state index in [1.807, 2.05) is 0 Å². The number of halogens is 3. The Balaban J connectivity index is 1.88. The van der Waals surface area contributed by atoms with Gasteiger partial charge in [-0.15, -0.1) is 0 Å². The smallest absolute Gasteiger partial charge is 0.418 e. The highest BCUT2D eigenvalue weighted by Crippen LogP contribution is 2.39. The van der Waals surface area contributed by atoms with Gasteiger partial charge in [-0.25, -0.2) is 5.01 Å². The van der Waals surface area contributed by atoms with Crippen LogP contribution in [-0.2, 0) is 15.7 Å². The number of carbonyl (C=O) groups is 1. The van der Waals surface area contributed by atoms with Crippen molar-refractivity contribution in [3.8, 4) is 0 Å². The van der Waals surface area contributed by atoms with Crippen molar-refractivity contribution >= 4 is 17.3 Å². The molecule has 0 radical (unpaired) electrons. The molecule has 3 rings (SSSR count). The van der Waals surface area contributed by atoms with E-state index < -0.39 is 23.2 Å². The van der Waals surface area contributed by atoms with E-state index in [0.717, 1.165) is 18.9 Å². The van der Waals surface area contributed by atoms with E-state index in [1.54, 1.807) is 17.1 Å². The van der Waals surface area contributed by atoms with Crippen LogP contribution in [0.4, 0.5) is 24.5 Å². The molecule has 9 heteroatoms. The van der Waals surface area contributed by atoms with Crippen molar-refractivity contribution in [3.63, 3.8) is 0 Å². The number of benzene rings is 1. The Labute approximate surface area is 150 Å². The topological polar surface area (TPSA) is 68.6 Å². The monoisotopic (exact) mass is 371 g/mol. The predicted octanol–water partition coefficient (Wildman–Crippen LogP) is 3.30. The largest absolute Gasteiger partial charge is 0.662 e. The van der Waals surface area contributed by atoms with Crippen LogP contribution in [0.25, 0.3) is 5.73 Å². The van der Waals surface area contributed by atoms with E-state index in [0.29, 0.717) is 19.7 Å². The Bertz CT molecular complexity index is 674. The van der Waals surface area contributed by atoms with Crippen LogP contribution in [0.15, 0.2) is 18.2 Å². The summed E-state index contributed by atoms with van der Waals surface area (Å²) in [6.45, 7) is 1.45. The Morgan fingerprint density at radius 1 is 1.31 bits per heavy atom. The number of hydrogen-bond donors (Lipinski definition) is 1. The average Bonchev–Trinajstić information content (AvgIpc) is 3.03. The molecule has 0 bridgehead atoms. The van der Waals surface area contributed by atoms with Crippen LogP contribution in [0.5, 0.6) is 0 Å². The van der Waals surface area contributed by atoms with Crippen LogP contribution in [0.3, 0.4) is 0 Å². The zero-order valence-corrected chi connectivity index (χ0v) is 14.5. The van der Waals surface area contributed by atoms with Gasteiger partial charge in [0, 0.05) is 39.0 Å². The third-order valence-electron chi connectivity index (χ3n) is 4.81. The van der Waals surface area contributed by atoms with Gasteiger partial charge in [-0.1, -0.05) is 0 Å². The first-order valence-electron chi connectivity index (χ1n) is 8.55. The highest BCUT2D eigenvalue weighted by atomic mass is 19.4. The molecule has 2 saturated heterocycles. The lowest BCUT2D eigenvalue weighted by molar-refractivity contribution is -0.137. The molecule has 0 spiro atoms. The molecule has 2 N–H and O–H groups in total. The molecule has 0 saturated carbocycles. The van der Waals surface area contributed by atoms with Crippen molar-refractivity contribution in [2.75, 3.05) is 43.7 Å². The first kappa shape index (κ1) is 18.9. The second-order valence-electron chi connectivity index (χ2n) is 6.78. The number of hydrazine groups is 1. The lowest BCUT2D eigenvalue weighted by Crippen LogP contribution is -2.45. The van der Waals surface area contributed by atoms with Gasteiger partial charge in [0.1, 0.15) is 0 Å². The van der Waals surface area contributed by atoms with Gasteiger partial charge in [-0.3, -0.25) is 4.79 Å². The quantitative estimate of drug-likeness (QED) is 0.885. The SMILES string of the molecule is CN1CCCCN1c1ccc(NC(=O)C2([NH-])CCOC2)cc1C(F)(F)F. The van der Waals surface area contributed by atoms with Crippen LogP contribution < -0.4 is 10.3 Å². The molecule has 1 atom stereocenters. The normalized spacial score (nSPS) is 24.7. The fraction of sp³-hybridized carbons (Fsp3) is 0.588. The zero-order chi connectivity index (χ0) is 18.9. The molecule has 1 unspecified atom stereocenters. The molecule has 2 fully saturated rings. The summed E-state index contributed by atoms with van der Waals surface area (Å²) in [5, 5.41) is 5.84. The summed E-state index contributed by atoms with van der Waals surface area (Å²) in [5.74, 6) is -0.647. The highest BCUT2D eigenvalue weighted by Gasteiger charge is 2.37. The summed E-state index contributed by atoms with van der Waals surface area (Å²) in [5.41, 5.74) is 5.92. The zero-order valence-electron chi connectivity index (χ0n) is 14.5. The molecule has 1 aromatic carbocycles. The second-order valence-corrected chi connectivity index (χ2v) is 6.78. The molecule has 1 amide bonds. The number of alkyl halides is 3. The van der Waals surface area contributed by atoms with Gasteiger partial charge in [0.2, 0.25) is 5.91 Å². The van der Waals surface area contributed by atoms with Gasteiger partial charge >= 0.3 is 6.18 Å². The van der Waals surface area contributed by atoms with E-state index in [-0.39, 0.29) is 24.4 Å². The molecular weight excluding hydrogens is 349 g/mol. The molecule has 2 aliphatic heterocycles. The number of hydrogen-bond acceptors (Lipinski definition) is 4. The summed E-state index contributed by atoms with van der Waals surface area (Å²) in [7, 11) is 1.76. The fourth-order valence-electron chi connectivity index (χ4n) is 3.26. The number of nitrogens with one attached hydrogen (secondary N) is 2. The minimum Gasteiger partial charge on any atom is -0.662 e. The maximum Gasteiger partial charge on any atom is 0.418 e. The van der Waals surface area contributed by atoms with Gasteiger partial charge < -0.3 is 20.8 Å². The lowest BCUT2D eigenvalue weighted by Gasteiger charge is -2.39. The van der Waals surface area contributed by atoms with Gasteiger partial charge in [0.25, 0.3) is 0 Å². The molecule has 2 aliphatic rings. The number of ether oxygens (including phenoxy) is 1. The van der Waals surface area contributed by atoms with Gasteiger partial charge in [0.05, 0.1) is 11.3 Å². The minimum atomic E-state index is -4.55. The first-order valence-corrected chi connectivity index (χ1v) is 8.55. The van der Waals surface area contributed by atoms with Gasteiger partial charge in [-0.2, -0.15) is 13.2 Å². The third-order valence-corrected chi connectivity index (χ3v) is 4.81. The molecule has 1 aromatic rings. The van der Waals surface area contributed by atoms with Gasteiger partial charge in [-0.05, 0) is 43.0 Å². The van der Waals surface area contributed by atoms with Crippen molar-refractivity contribution < 1.29 is 22.7 Å². The van der Waals surface area contributed by atoms with E-state index >= 15 is 0 Å². The molecular formula is C17H22F3N4O2-. The number of nitrogens with zero attached hydrogens (tertiary/aromatic N) is 2. The third kappa shape index (κ3) is 3.79. The number of anilines is 2. The van der Waals surface area contributed by atoms with Crippen LogP contribution >= 0.6 is 0 Å².